The van der Waals surface area contributed by atoms with E-state index in [0.29, 0.717) is 0 Å². The highest BCUT2D eigenvalue weighted by Gasteiger charge is 2.42. The summed E-state index contributed by atoms with van der Waals surface area (Å²) < 4.78 is 30.9. The number of hydrogen-bond donors (Lipinski definition) is 3. The topological polar surface area (TPSA) is 106 Å². The average Bonchev–Trinajstić information content (AvgIpc) is 2.79. The van der Waals surface area contributed by atoms with E-state index in [4.69, 9.17) is 10.5 Å². The number of pyridine rings is 1. The first-order valence-electron chi connectivity index (χ1n) is 6.08. The Labute approximate surface area is 118 Å². The first-order chi connectivity index (χ1) is 9.82. The molecule has 1 aliphatic heterocycles. The van der Waals surface area contributed by atoms with Gasteiger partial charge in [0.2, 0.25) is 11.8 Å². The molecule has 2 heterocycles. The smallest absolute Gasteiger partial charge is 0.262 e. The number of primary amides is 1. The maximum atomic E-state index is 13.0. The third-order valence-corrected chi connectivity index (χ3v) is 3.00. The summed E-state index contributed by atoms with van der Waals surface area (Å²) in [4.78, 5) is 26.9. The van der Waals surface area contributed by atoms with Gasteiger partial charge in [0.1, 0.15) is 5.56 Å². The predicted molar refractivity (Wildman–Crippen MR) is 69.3 cm³/mol. The summed E-state index contributed by atoms with van der Waals surface area (Å²) in [6.07, 6.45) is 0.668. The lowest BCUT2D eigenvalue weighted by Crippen LogP contribution is -2.35. The molecular weight excluding hydrogens is 286 g/mol. The Hall–Kier alpha value is -2.29. The molecule has 1 unspecified atom stereocenters. The van der Waals surface area contributed by atoms with E-state index in [1.807, 2.05) is 0 Å². The fraction of sp³-hybridized carbons (Fsp3) is 0.417. The molecule has 0 aliphatic carbocycles. The number of nitrogens with zero attached hydrogens (tertiary/aromatic N) is 1. The number of amides is 2. The normalized spacial score (nSPS) is 20.0. The standard InChI is InChI=1S/C12H14F2N4O3/c1-21-11-7(9(15)19)2-6(4-16-11)18-10(20)8-3-12(13,14)5-17-8/h2,4,8,17H,3,5H2,1H3,(H2,15,19)(H,18,20). The van der Waals surface area contributed by atoms with Gasteiger partial charge in [-0.2, -0.15) is 0 Å². The van der Waals surface area contributed by atoms with E-state index in [9.17, 15) is 18.4 Å². The minimum absolute atomic E-state index is 0.0139. The quantitative estimate of drug-likeness (QED) is 0.732. The summed E-state index contributed by atoms with van der Waals surface area (Å²) in [5, 5.41) is 4.84. The molecule has 2 amide bonds. The van der Waals surface area contributed by atoms with Crippen LogP contribution in [0, 0.1) is 0 Å². The van der Waals surface area contributed by atoms with Gasteiger partial charge in [0, 0.05) is 6.42 Å². The second kappa shape index (κ2) is 5.60. The predicted octanol–water partition coefficient (Wildman–Crippen LogP) is 0.125. The molecule has 0 saturated carbocycles. The largest absolute Gasteiger partial charge is 0.480 e. The average molecular weight is 300 g/mol. The molecule has 4 N–H and O–H groups in total. The van der Waals surface area contributed by atoms with Gasteiger partial charge in [-0.3, -0.25) is 14.9 Å². The number of nitrogens with one attached hydrogen (secondary N) is 2. The van der Waals surface area contributed by atoms with Crippen LogP contribution >= 0.6 is 0 Å². The van der Waals surface area contributed by atoms with Crippen LogP contribution in [0.2, 0.25) is 0 Å². The Bertz CT molecular complexity index is 580. The number of methoxy groups -OCH3 is 1. The third kappa shape index (κ3) is 3.43. The molecule has 0 radical (unpaired) electrons. The molecule has 1 aliphatic rings. The Morgan fingerprint density at radius 3 is 2.81 bits per heavy atom. The molecule has 0 bridgehead atoms. The van der Waals surface area contributed by atoms with Crippen molar-refractivity contribution in [2.75, 3.05) is 19.0 Å². The lowest BCUT2D eigenvalue weighted by molar-refractivity contribution is -0.118. The Morgan fingerprint density at radius 2 is 2.29 bits per heavy atom. The van der Waals surface area contributed by atoms with E-state index in [1.54, 1.807) is 0 Å². The number of anilines is 1. The zero-order valence-corrected chi connectivity index (χ0v) is 11.2. The van der Waals surface area contributed by atoms with Gasteiger partial charge in [-0.25, -0.2) is 13.8 Å². The summed E-state index contributed by atoms with van der Waals surface area (Å²) in [7, 11) is 1.32. The number of carbonyl (C=O) groups is 2. The third-order valence-electron chi connectivity index (χ3n) is 3.00. The Morgan fingerprint density at radius 1 is 1.57 bits per heavy atom. The van der Waals surface area contributed by atoms with Crippen molar-refractivity contribution in [2.24, 2.45) is 5.73 Å². The molecule has 1 atom stereocenters. The number of ether oxygens (including phenoxy) is 1. The van der Waals surface area contributed by atoms with Gasteiger partial charge in [-0.1, -0.05) is 0 Å². The molecule has 9 heteroatoms. The Kier molecular flexibility index (Phi) is 4.03. The molecule has 0 spiro atoms. The van der Waals surface area contributed by atoms with Gasteiger partial charge in [-0.05, 0) is 6.07 Å². The SMILES string of the molecule is COc1ncc(NC(=O)C2CC(F)(F)CN2)cc1C(N)=O. The molecule has 21 heavy (non-hydrogen) atoms. The summed E-state index contributed by atoms with van der Waals surface area (Å²) in [6, 6.07) is 0.276. The number of aromatic nitrogens is 1. The first kappa shape index (κ1) is 15.1. The van der Waals surface area contributed by atoms with Crippen molar-refractivity contribution in [3.05, 3.63) is 17.8 Å². The van der Waals surface area contributed by atoms with Crippen LogP contribution in [0.15, 0.2) is 12.3 Å². The van der Waals surface area contributed by atoms with E-state index < -0.39 is 36.7 Å². The van der Waals surface area contributed by atoms with Crippen molar-refractivity contribution >= 4 is 17.5 Å². The minimum Gasteiger partial charge on any atom is -0.480 e. The lowest BCUT2D eigenvalue weighted by Gasteiger charge is -2.12. The molecular formula is C12H14F2N4O3. The number of halogens is 2. The van der Waals surface area contributed by atoms with Crippen molar-refractivity contribution in [3.63, 3.8) is 0 Å². The summed E-state index contributed by atoms with van der Waals surface area (Å²) in [5.74, 6) is -4.29. The number of carbonyl (C=O) groups excluding carboxylic acids is 2. The van der Waals surface area contributed by atoms with Crippen LogP contribution in [-0.4, -0.2) is 42.4 Å². The van der Waals surface area contributed by atoms with Gasteiger partial charge in [0.25, 0.3) is 11.8 Å². The second-order valence-electron chi connectivity index (χ2n) is 4.63. The molecule has 1 saturated heterocycles. The van der Waals surface area contributed by atoms with Crippen LogP contribution in [0.1, 0.15) is 16.8 Å². The van der Waals surface area contributed by atoms with E-state index in [2.05, 4.69) is 15.6 Å². The van der Waals surface area contributed by atoms with Crippen LogP contribution in [0.5, 0.6) is 5.88 Å². The lowest BCUT2D eigenvalue weighted by atomic mass is 10.1. The van der Waals surface area contributed by atoms with Crippen LogP contribution in [0.25, 0.3) is 0 Å². The van der Waals surface area contributed by atoms with Crippen LogP contribution in [0.3, 0.4) is 0 Å². The van der Waals surface area contributed by atoms with Crippen molar-refractivity contribution in [1.82, 2.24) is 10.3 Å². The van der Waals surface area contributed by atoms with Gasteiger partial charge in [-0.15, -0.1) is 0 Å². The molecule has 1 aromatic heterocycles. The molecule has 0 aromatic carbocycles. The number of rotatable bonds is 4. The summed E-state index contributed by atoms with van der Waals surface area (Å²) >= 11 is 0. The molecule has 1 aromatic rings. The van der Waals surface area contributed by atoms with Gasteiger partial charge < -0.3 is 15.8 Å². The van der Waals surface area contributed by atoms with E-state index in [-0.39, 0.29) is 17.1 Å². The fourth-order valence-electron chi connectivity index (χ4n) is 1.99. The maximum Gasteiger partial charge on any atom is 0.262 e. The van der Waals surface area contributed by atoms with E-state index >= 15 is 0 Å². The van der Waals surface area contributed by atoms with E-state index in [0.717, 1.165) is 0 Å². The highest BCUT2D eigenvalue weighted by Crippen LogP contribution is 2.26. The van der Waals surface area contributed by atoms with Crippen molar-refractivity contribution < 1.29 is 23.1 Å². The molecule has 1 fully saturated rings. The van der Waals surface area contributed by atoms with Gasteiger partial charge in [0.05, 0.1) is 31.6 Å². The second-order valence-corrected chi connectivity index (χ2v) is 4.63. The zero-order valence-electron chi connectivity index (χ0n) is 11.2. The summed E-state index contributed by atoms with van der Waals surface area (Å²) in [6.45, 7) is -0.543. The minimum atomic E-state index is -2.90. The Balaban J connectivity index is 2.11. The monoisotopic (exact) mass is 300 g/mol. The highest BCUT2D eigenvalue weighted by molar-refractivity contribution is 5.99. The molecule has 7 nitrogen and oxygen atoms in total. The number of alkyl halides is 2. The molecule has 2 rings (SSSR count). The van der Waals surface area contributed by atoms with Gasteiger partial charge >= 0.3 is 0 Å². The van der Waals surface area contributed by atoms with Crippen molar-refractivity contribution in [1.29, 1.82) is 0 Å². The van der Waals surface area contributed by atoms with Crippen molar-refractivity contribution in [2.45, 2.75) is 18.4 Å². The highest BCUT2D eigenvalue weighted by atomic mass is 19.3. The van der Waals surface area contributed by atoms with E-state index in [1.165, 1.54) is 19.4 Å². The number of nitrogens with two attached hydrogens (primary N) is 1. The van der Waals surface area contributed by atoms with Crippen molar-refractivity contribution in [3.8, 4) is 5.88 Å². The van der Waals surface area contributed by atoms with Crippen LogP contribution in [0.4, 0.5) is 14.5 Å². The molecule has 114 valence electrons. The number of hydrogen-bond acceptors (Lipinski definition) is 5. The fourth-order valence-corrected chi connectivity index (χ4v) is 1.99. The first-order valence-corrected chi connectivity index (χ1v) is 6.08. The summed E-state index contributed by atoms with van der Waals surface area (Å²) in [5.41, 5.74) is 5.32. The van der Waals surface area contributed by atoms with Crippen LogP contribution < -0.4 is 21.1 Å². The maximum absolute atomic E-state index is 13.0. The van der Waals surface area contributed by atoms with Gasteiger partial charge in [0.15, 0.2) is 0 Å². The zero-order chi connectivity index (χ0) is 15.6. The van der Waals surface area contributed by atoms with Crippen LogP contribution in [-0.2, 0) is 4.79 Å².